The van der Waals surface area contributed by atoms with Crippen LogP contribution in [0.5, 0.6) is 0 Å². The summed E-state index contributed by atoms with van der Waals surface area (Å²) in [6.07, 6.45) is 2.42. The smallest absolute Gasteiger partial charge is 0.273 e. The van der Waals surface area contributed by atoms with Crippen molar-refractivity contribution in [2.24, 2.45) is 5.14 Å². The number of aromatic nitrogens is 4. The van der Waals surface area contributed by atoms with Gasteiger partial charge in [0.15, 0.2) is 5.82 Å². The molecule has 0 aliphatic heterocycles. The topological polar surface area (TPSA) is 104 Å². The lowest BCUT2D eigenvalue weighted by molar-refractivity contribution is 0.366. The Hall–Kier alpha value is -1.87. The Balaban J connectivity index is 2.76. The van der Waals surface area contributed by atoms with E-state index in [9.17, 15) is 12.8 Å². The summed E-state index contributed by atoms with van der Waals surface area (Å²) in [5, 5.41) is 12.2. The van der Waals surface area contributed by atoms with E-state index < -0.39 is 21.4 Å². The van der Waals surface area contributed by atoms with E-state index in [4.69, 9.17) is 5.14 Å². The average Bonchev–Trinajstić information content (AvgIpc) is 2.72. The Labute approximate surface area is 115 Å². The highest BCUT2D eigenvalue weighted by molar-refractivity contribution is 7.89. The zero-order valence-corrected chi connectivity index (χ0v) is 12.0. The molecule has 108 valence electrons. The monoisotopic (exact) mass is 299 g/mol. The van der Waals surface area contributed by atoms with Crippen molar-refractivity contribution in [2.75, 3.05) is 0 Å². The highest BCUT2D eigenvalue weighted by Crippen LogP contribution is 2.27. The van der Waals surface area contributed by atoms with Gasteiger partial charge in [-0.2, -0.15) is 0 Å². The second-order valence-corrected chi connectivity index (χ2v) is 6.70. The fourth-order valence-electron chi connectivity index (χ4n) is 1.78. The molecule has 0 saturated carbocycles. The van der Waals surface area contributed by atoms with Crippen LogP contribution in [0.25, 0.3) is 11.4 Å². The predicted octanol–water partition coefficient (Wildman–Crippen LogP) is 0.882. The molecule has 0 aliphatic carbocycles. The van der Waals surface area contributed by atoms with E-state index in [1.54, 1.807) is 20.8 Å². The molecule has 2 rings (SSSR count). The Morgan fingerprint density at radius 1 is 1.25 bits per heavy atom. The van der Waals surface area contributed by atoms with Gasteiger partial charge in [-0.1, -0.05) is 0 Å². The Morgan fingerprint density at radius 3 is 2.40 bits per heavy atom. The highest BCUT2D eigenvalue weighted by atomic mass is 32.2. The molecule has 0 bridgehead atoms. The van der Waals surface area contributed by atoms with Crippen molar-refractivity contribution in [1.82, 2.24) is 19.7 Å². The Kier molecular flexibility index (Phi) is 3.34. The van der Waals surface area contributed by atoms with Crippen LogP contribution in [0.1, 0.15) is 20.8 Å². The standard InChI is InChI=1S/C11H14FN5O2S/c1-11(2,3)17-9(7-4-8(12)6-14-5-7)15-16-10(17)20(13,18)19/h4-6H,1-3H3,(H2,13,18,19). The number of primary sulfonamides is 1. The molecule has 0 atom stereocenters. The fourth-order valence-corrected chi connectivity index (χ4v) is 2.55. The summed E-state index contributed by atoms with van der Waals surface area (Å²) < 4.78 is 37.8. The van der Waals surface area contributed by atoms with Crippen LogP contribution in [0.3, 0.4) is 0 Å². The summed E-state index contributed by atoms with van der Waals surface area (Å²) in [7, 11) is -4.04. The van der Waals surface area contributed by atoms with Crippen LogP contribution in [0.2, 0.25) is 0 Å². The molecule has 9 heteroatoms. The minimum absolute atomic E-state index is 0.188. The molecule has 0 unspecified atom stereocenters. The number of pyridine rings is 1. The van der Waals surface area contributed by atoms with Gasteiger partial charge in [0, 0.05) is 17.3 Å². The van der Waals surface area contributed by atoms with E-state index in [2.05, 4.69) is 15.2 Å². The van der Waals surface area contributed by atoms with Crippen LogP contribution in [-0.2, 0) is 15.6 Å². The maximum absolute atomic E-state index is 13.3. The third kappa shape index (κ3) is 2.68. The molecule has 2 aromatic heterocycles. The maximum atomic E-state index is 13.3. The SMILES string of the molecule is CC(C)(C)n1c(-c2cncc(F)c2)nnc1S(N)(=O)=O. The van der Waals surface area contributed by atoms with E-state index in [1.165, 1.54) is 16.8 Å². The van der Waals surface area contributed by atoms with Crippen LogP contribution < -0.4 is 5.14 Å². The first-order valence-corrected chi connectivity index (χ1v) is 7.25. The quantitative estimate of drug-likeness (QED) is 0.886. The molecular formula is C11H14FN5O2S. The van der Waals surface area contributed by atoms with Gasteiger partial charge in [0.1, 0.15) is 5.82 Å². The fraction of sp³-hybridized carbons (Fsp3) is 0.364. The van der Waals surface area contributed by atoms with Crippen LogP contribution in [0.4, 0.5) is 4.39 Å². The van der Waals surface area contributed by atoms with Crippen molar-refractivity contribution in [3.05, 3.63) is 24.3 Å². The second kappa shape index (κ2) is 4.60. The number of hydrogen-bond acceptors (Lipinski definition) is 5. The van der Waals surface area contributed by atoms with E-state index in [-0.39, 0.29) is 11.0 Å². The molecule has 2 heterocycles. The minimum Gasteiger partial charge on any atom is -0.291 e. The van der Waals surface area contributed by atoms with Gasteiger partial charge in [-0.15, -0.1) is 10.2 Å². The molecule has 0 spiro atoms. The van der Waals surface area contributed by atoms with Crippen molar-refractivity contribution in [1.29, 1.82) is 0 Å². The van der Waals surface area contributed by atoms with Crippen LogP contribution in [0.15, 0.2) is 23.6 Å². The summed E-state index contributed by atoms with van der Waals surface area (Å²) in [5.74, 6) is -0.364. The molecule has 20 heavy (non-hydrogen) atoms. The summed E-state index contributed by atoms with van der Waals surface area (Å²) in [4.78, 5) is 3.72. The van der Waals surface area contributed by atoms with Crippen LogP contribution in [0, 0.1) is 5.82 Å². The normalized spacial score (nSPS) is 12.7. The summed E-state index contributed by atoms with van der Waals surface area (Å²) in [5.41, 5.74) is -0.338. The Morgan fingerprint density at radius 2 is 1.90 bits per heavy atom. The molecule has 0 fully saturated rings. The first kappa shape index (κ1) is 14.5. The molecule has 2 aromatic rings. The van der Waals surface area contributed by atoms with Gasteiger partial charge in [0.2, 0.25) is 0 Å². The molecule has 0 aromatic carbocycles. The lowest BCUT2D eigenvalue weighted by atomic mass is 10.1. The van der Waals surface area contributed by atoms with Crippen molar-refractivity contribution >= 4 is 10.0 Å². The number of nitrogens with zero attached hydrogens (tertiary/aromatic N) is 4. The summed E-state index contributed by atoms with van der Waals surface area (Å²) in [6, 6.07) is 1.20. The van der Waals surface area contributed by atoms with Crippen LogP contribution in [-0.4, -0.2) is 28.2 Å². The third-order valence-corrected chi connectivity index (χ3v) is 3.29. The van der Waals surface area contributed by atoms with Crippen molar-refractivity contribution < 1.29 is 12.8 Å². The number of hydrogen-bond donors (Lipinski definition) is 1. The third-order valence-electron chi connectivity index (χ3n) is 2.52. The number of halogens is 1. The molecule has 0 amide bonds. The van der Waals surface area contributed by atoms with Gasteiger partial charge >= 0.3 is 0 Å². The predicted molar refractivity (Wildman–Crippen MR) is 69.6 cm³/mol. The van der Waals surface area contributed by atoms with E-state index in [1.807, 2.05) is 0 Å². The highest BCUT2D eigenvalue weighted by Gasteiger charge is 2.29. The first-order chi connectivity index (χ1) is 9.10. The van der Waals surface area contributed by atoms with Crippen molar-refractivity contribution in [3.8, 4) is 11.4 Å². The number of rotatable bonds is 2. The molecule has 2 N–H and O–H groups in total. The average molecular weight is 299 g/mol. The number of sulfonamides is 1. The van der Waals surface area contributed by atoms with Gasteiger partial charge in [0.05, 0.1) is 6.20 Å². The lowest BCUT2D eigenvalue weighted by Crippen LogP contribution is -2.29. The molecule has 7 nitrogen and oxygen atoms in total. The van der Waals surface area contributed by atoms with Crippen molar-refractivity contribution in [3.63, 3.8) is 0 Å². The summed E-state index contributed by atoms with van der Waals surface area (Å²) >= 11 is 0. The van der Waals surface area contributed by atoms with E-state index in [0.29, 0.717) is 5.56 Å². The van der Waals surface area contributed by atoms with Gasteiger partial charge in [-0.3, -0.25) is 9.55 Å². The summed E-state index contributed by atoms with van der Waals surface area (Å²) in [6.45, 7) is 5.30. The molecule has 0 radical (unpaired) electrons. The van der Waals surface area contributed by atoms with Gasteiger partial charge < -0.3 is 0 Å². The first-order valence-electron chi connectivity index (χ1n) is 5.70. The van der Waals surface area contributed by atoms with Gasteiger partial charge in [0.25, 0.3) is 15.2 Å². The second-order valence-electron chi connectivity index (χ2n) is 5.25. The minimum atomic E-state index is -4.04. The Bertz CT molecular complexity index is 748. The lowest BCUT2D eigenvalue weighted by Gasteiger charge is -2.24. The van der Waals surface area contributed by atoms with E-state index >= 15 is 0 Å². The zero-order chi connectivity index (χ0) is 15.1. The molecular weight excluding hydrogens is 285 g/mol. The number of nitrogens with two attached hydrogens (primary N) is 1. The van der Waals surface area contributed by atoms with Crippen LogP contribution >= 0.6 is 0 Å². The molecule has 0 saturated heterocycles. The van der Waals surface area contributed by atoms with E-state index in [0.717, 1.165) is 6.20 Å². The zero-order valence-electron chi connectivity index (χ0n) is 11.2. The largest absolute Gasteiger partial charge is 0.291 e. The van der Waals surface area contributed by atoms with Gasteiger partial charge in [-0.25, -0.2) is 17.9 Å². The van der Waals surface area contributed by atoms with Gasteiger partial charge in [-0.05, 0) is 26.8 Å². The van der Waals surface area contributed by atoms with Crippen molar-refractivity contribution in [2.45, 2.75) is 31.5 Å². The molecule has 0 aliphatic rings. The maximum Gasteiger partial charge on any atom is 0.273 e.